The average molecular weight is 667 g/mol. The topological polar surface area (TPSA) is 98.3 Å². The number of ether oxygens (including phenoxy) is 1. The lowest BCUT2D eigenvalue weighted by Gasteiger charge is -2.55. The third-order valence-electron chi connectivity index (χ3n) is 8.48. The number of aromatic nitrogens is 1. The Balaban J connectivity index is 1.30. The Bertz CT molecular complexity index is 1810. The van der Waals surface area contributed by atoms with Gasteiger partial charge in [-0.2, -0.15) is 4.39 Å². The molecule has 3 heterocycles. The zero-order chi connectivity index (χ0) is 34.3. The van der Waals surface area contributed by atoms with E-state index in [9.17, 15) is 18.8 Å². The number of fused-ring (bicyclic) bond motifs is 1. The van der Waals surface area contributed by atoms with Gasteiger partial charge in [0.2, 0.25) is 17.8 Å². The number of nitrogens with one attached hydrogen (secondary N) is 1. The van der Waals surface area contributed by atoms with Crippen LogP contribution < -0.4 is 10.1 Å². The normalized spacial score (nSPS) is 17.9. The number of hydrogen-bond acceptors (Lipinski definition) is 6. The Labute approximate surface area is 283 Å². The van der Waals surface area contributed by atoms with Gasteiger partial charge in [-0.3, -0.25) is 9.59 Å². The van der Waals surface area contributed by atoms with Gasteiger partial charge < -0.3 is 19.9 Å². The maximum Gasteiger partial charge on any atom is 0.334 e. The molecule has 4 aromatic rings. The Hall–Kier alpha value is -5.62. The third-order valence-corrected chi connectivity index (χ3v) is 8.48. The van der Waals surface area contributed by atoms with Crippen molar-refractivity contribution in [2.24, 2.45) is 0 Å². The van der Waals surface area contributed by atoms with E-state index in [1.165, 1.54) is 39.1 Å². The van der Waals surface area contributed by atoms with Gasteiger partial charge in [0.1, 0.15) is 30.4 Å². The van der Waals surface area contributed by atoms with Crippen LogP contribution in [0.5, 0.6) is 5.75 Å². The van der Waals surface area contributed by atoms with Gasteiger partial charge in [-0.15, -0.1) is 6.58 Å². The summed E-state index contributed by atoms with van der Waals surface area (Å²) in [6.07, 6.45) is 0.460. The standard InChI is InChI=1S/C37H36F2N6O4/c1-2-18-43-24-35(46)44-32(19-28-16-17-30(20-31(28)38)49-25-27-12-7-4-8-13-27)36(47)42(22-29-14-9-15-33(39)41-29)23-34(44)45(43)37(48)40-21-26-10-5-3-6-11-26/h2-17,20,32,34H,1,18-19,21-25H2,(H,40,48)/t32-,34?/m0/s1. The molecule has 1 N–H and O–H groups in total. The van der Waals surface area contributed by atoms with Gasteiger partial charge >= 0.3 is 6.03 Å². The number of rotatable bonds is 11. The van der Waals surface area contributed by atoms with E-state index < -0.39 is 41.8 Å². The molecular formula is C37H36F2N6O4. The van der Waals surface area contributed by atoms with Crippen LogP contribution in [-0.2, 0) is 35.7 Å². The van der Waals surface area contributed by atoms with E-state index in [1.807, 2.05) is 60.7 Å². The molecule has 2 aliphatic rings. The molecule has 0 bridgehead atoms. The zero-order valence-electron chi connectivity index (χ0n) is 26.8. The van der Waals surface area contributed by atoms with E-state index >= 15 is 4.39 Å². The molecule has 0 spiro atoms. The number of pyridine rings is 1. The minimum absolute atomic E-state index is 0.0820. The molecule has 10 nitrogen and oxygen atoms in total. The van der Waals surface area contributed by atoms with E-state index in [2.05, 4.69) is 16.9 Å². The molecule has 1 unspecified atom stereocenters. The Morgan fingerprint density at radius 1 is 0.959 bits per heavy atom. The van der Waals surface area contributed by atoms with E-state index in [0.717, 1.165) is 11.1 Å². The number of urea groups is 1. The van der Waals surface area contributed by atoms with Crippen molar-refractivity contribution in [1.29, 1.82) is 0 Å². The summed E-state index contributed by atoms with van der Waals surface area (Å²) in [5, 5.41) is 5.92. The van der Waals surface area contributed by atoms with Crippen LogP contribution in [-0.4, -0.2) is 74.5 Å². The summed E-state index contributed by atoms with van der Waals surface area (Å²) in [5.41, 5.74) is 2.27. The van der Waals surface area contributed by atoms with Gasteiger partial charge in [0.05, 0.1) is 25.3 Å². The number of carbonyl (C=O) groups is 3. The van der Waals surface area contributed by atoms with E-state index in [0.29, 0.717) is 5.75 Å². The van der Waals surface area contributed by atoms with Crippen molar-refractivity contribution in [1.82, 2.24) is 30.1 Å². The predicted molar refractivity (Wildman–Crippen MR) is 177 cm³/mol. The van der Waals surface area contributed by atoms with Crippen molar-refractivity contribution >= 4 is 17.8 Å². The largest absolute Gasteiger partial charge is 0.489 e. The highest BCUT2D eigenvalue weighted by Gasteiger charge is 2.51. The fraction of sp³-hybridized carbons (Fsp3) is 0.243. The number of amides is 4. The van der Waals surface area contributed by atoms with Crippen molar-refractivity contribution < 1.29 is 27.9 Å². The summed E-state index contributed by atoms with van der Waals surface area (Å²) in [6, 6.07) is 25.9. The number of carbonyl (C=O) groups excluding carboxylic acids is 3. The quantitative estimate of drug-likeness (QED) is 0.185. The molecule has 252 valence electrons. The van der Waals surface area contributed by atoms with Gasteiger partial charge in [0.15, 0.2) is 0 Å². The minimum Gasteiger partial charge on any atom is -0.489 e. The van der Waals surface area contributed by atoms with Crippen molar-refractivity contribution in [3.8, 4) is 5.75 Å². The van der Waals surface area contributed by atoms with Gasteiger partial charge in [-0.25, -0.2) is 24.2 Å². The highest BCUT2D eigenvalue weighted by Crippen LogP contribution is 2.30. The van der Waals surface area contributed by atoms with Crippen molar-refractivity contribution in [3.05, 3.63) is 144 Å². The number of hydrazine groups is 1. The van der Waals surface area contributed by atoms with Crippen LogP contribution in [0, 0.1) is 11.8 Å². The van der Waals surface area contributed by atoms with Gasteiger partial charge in [-0.1, -0.05) is 78.9 Å². The van der Waals surface area contributed by atoms with Crippen molar-refractivity contribution in [2.75, 3.05) is 19.6 Å². The molecule has 2 atom stereocenters. The van der Waals surface area contributed by atoms with Crippen LogP contribution in [0.15, 0.2) is 110 Å². The molecule has 2 saturated heterocycles. The predicted octanol–water partition coefficient (Wildman–Crippen LogP) is 4.68. The molecule has 2 fully saturated rings. The summed E-state index contributed by atoms with van der Waals surface area (Å²) in [4.78, 5) is 48.6. The molecule has 4 amide bonds. The molecule has 2 aliphatic heterocycles. The Morgan fingerprint density at radius 3 is 2.39 bits per heavy atom. The van der Waals surface area contributed by atoms with Gasteiger partial charge in [-0.05, 0) is 34.9 Å². The lowest BCUT2D eigenvalue weighted by molar-refractivity contribution is -0.189. The Kier molecular flexibility index (Phi) is 10.2. The van der Waals surface area contributed by atoms with Gasteiger partial charge in [0.25, 0.3) is 0 Å². The second kappa shape index (κ2) is 15.1. The number of piperazine rings is 1. The molecule has 49 heavy (non-hydrogen) atoms. The first-order valence-corrected chi connectivity index (χ1v) is 15.9. The van der Waals surface area contributed by atoms with Crippen LogP contribution >= 0.6 is 0 Å². The number of halogens is 2. The molecule has 0 saturated carbocycles. The van der Waals surface area contributed by atoms with Crippen LogP contribution in [0.3, 0.4) is 0 Å². The Morgan fingerprint density at radius 2 is 1.69 bits per heavy atom. The van der Waals surface area contributed by atoms with Crippen molar-refractivity contribution in [2.45, 2.75) is 38.3 Å². The molecule has 0 radical (unpaired) electrons. The van der Waals surface area contributed by atoms with Crippen LogP contribution in [0.2, 0.25) is 0 Å². The SMILES string of the molecule is C=CCN1CC(=O)N2C(CN(Cc3cccc(F)n3)C(=O)[C@@H]2Cc2ccc(OCc3ccccc3)cc2F)N1C(=O)NCc1ccccc1. The second-order valence-corrected chi connectivity index (χ2v) is 11.8. The number of benzene rings is 3. The van der Waals surface area contributed by atoms with Crippen LogP contribution in [0.4, 0.5) is 13.6 Å². The molecule has 12 heteroatoms. The highest BCUT2D eigenvalue weighted by atomic mass is 19.1. The lowest BCUT2D eigenvalue weighted by Crippen LogP contribution is -2.76. The van der Waals surface area contributed by atoms with Crippen LogP contribution in [0.25, 0.3) is 0 Å². The summed E-state index contributed by atoms with van der Waals surface area (Å²) in [5.74, 6) is -1.87. The van der Waals surface area contributed by atoms with Crippen LogP contribution in [0.1, 0.15) is 22.4 Å². The average Bonchev–Trinajstić information content (AvgIpc) is 3.10. The minimum atomic E-state index is -1.17. The smallest absolute Gasteiger partial charge is 0.334 e. The van der Waals surface area contributed by atoms with Gasteiger partial charge in [0, 0.05) is 25.6 Å². The fourth-order valence-corrected chi connectivity index (χ4v) is 6.16. The molecule has 0 aliphatic carbocycles. The summed E-state index contributed by atoms with van der Waals surface area (Å²) < 4.78 is 35.5. The molecule has 3 aromatic carbocycles. The number of hydrogen-bond donors (Lipinski definition) is 1. The lowest BCUT2D eigenvalue weighted by atomic mass is 9.98. The first-order valence-electron chi connectivity index (χ1n) is 15.9. The molecule has 1 aromatic heterocycles. The second-order valence-electron chi connectivity index (χ2n) is 11.8. The molecular weight excluding hydrogens is 630 g/mol. The highest BCUT2D eigenvalue weighted by molar-refractivity contribution is 5.91. The monoisotopic (exact) mass is 666 g/mol. The summed E-state index contributed by atoms with van der Waals surface area (Å²) >= 11 is 0. The van der Waals surface area contributed by atoms with E-state index in [-0.39, 0.29) is 57.0 Å². The fourth-order valence-electron chi connectivity index (χ4n) is 6.16. The third kappa shape index (κ3) is 7.76. The first kappa shape index (κ1) is 33.3. The van der Waals surface area contributed by atoms with E-state index in [1.54, 1.807) is 23.2 Å². The number of nitrogens with zero attached hydrogens (tertiary/aromatic N) is 5. The van der Waals surface area contributed by atoms with E-state index in [4.69, 9.17) is 4.74 Å². The first-order chi connectivity index (χ1) is 23.8. The summed E-state index contributed by atoms with van der Waals surface area (Å²) in [6.45, 7) is 4.08. The summed E-state index contributed by atoms with van der Waals surface area (Å²) in [7, 11) is 0. The zero-order valence-corrected chi connectivity index (χ0v) is 26.8. The maximum absolute atomic E-state index is 15.6. The van der Waals surface area contributed by atoms with Crippen molar-refractivity contribution in [3.63, 3.8) is 0 Å². The molecule has 6 rings (SSSR count). The maximum atomic E-state index is 15.6.